The summed E-state index contributed by atoms with van der Waals surface area (Å²) in [6.45, 7) is 5.06. The summed E-state index contributed by atoms with van der Waals surface area (Å²) in [4.78, 5) is 0. The molecule has 0 aliphatic rings. The number of rotatable bonds is 7. The predicted octanol–water partition coefficient (Wildman–Crippen LogP) is 1.77. The van der Waals surface area contributed by atoms with Crippen molar-refractivity contribution in [2.24, 2.45) is 5.84 Å². The van der Waals surface area contributed by atoms with E-state index in [0.717, 1.165) is 43.6 Å². The van der Waals surface area contributed by atoms with Crippen molar-refractivity contribution in [3.05, 3.63) is 17.5 Å². The molecule has 4 nitrogen and oxygen atoms in total. The first-order chi connectivity index (χ1) is 8.26. The van der Waals surface area contributed by atoms with Gasteiger partial charge in [0.25, 0.3) is 0 Å². The molecular weight excluding hydrogens is 212 g/mol. The van der Waals surface area contributed by atoms with Crippen LogP contribution in [0.15, 0.2) is 6.07 Å². The van der Waals surface area contributed by atoms with E-state index in [9.17, 15) is 0 Å². The second-order valence-corrected chi connectivity index (χ2v) is 4.05. The molecule has 0 aliphatic carbocycles. The molecule has 0 saturated carbocycles. The number of nitrogens with one attached hydrogen (secondary N) is 1. The van der Waals surface area contributed by atoms with E-state index in [0.29, 0.717) is 0 Å². The van der Waals surface area contributed by atoms with E-state index >= 15 is 0 Å². The van der Waals surface area contributed by atoms with Crippen LogP contribution in [0.4, 0.5) is 0 Å². The van der Waals surface area contributed by atoms with Crippen LogP contribution in [0.5, 0.6) is 0 Å². The lowest BCUT2D eigenvalue weighted by Gasteiger charge is -2.16. The van der Waals surface area contributed by atoms with E-state index in [1.807, 2.05) is 4.68 Å². The van der Waals surface area contributed by atoms with Crippen molar-refractivity contribution in [3.8, 4) is 12.3 Å². The van der Waals surface area contributed by atoms with Crippen molar-refractivity contribution in [2.75, 3.05) is 0 Å². The molecule has 3 N–H and O–H groups in total. The Morgan fingerprint density at radius 1 is 1.59 bits per heavy atom. The number of nitrogens with zero attached hydrogens (tertiary/aromatic N) is 2. The van der Waals surface area contributed by atoms with Crippen LogP contribution in [0.3, 0.4) is 0 Å². The van der Waals surface area contributed by atoms with Gasteiger partial charge in [-0.2, -0.15) is 5.10 Å². The standard InChI is InChI=1S/C13H22N4/c1-4-7-8-9-12(15-14)13-10-11(5-2)16-17(13)6-3/h1,10,12,15H,5-9,14H2,2-3H3. The Hall–Kier alpha value is -1.31. The summed E-state index contributed by atoms with van der Waals surface area (Å²) in [6.07, 6.45) is 8.91. The smallest absolute Gasteiger partial charge is 0.0629 e. The van der Waals surface area contributed by atoms with Gasteiger partial charge in [-0.1, -0.05) is 6.92 Å². The molecule has 0 bridgehead atoms. The van der Waals surface area contributed by atoms with Gasteiger partial charge in [0, 0.05) is 13.0 Å². The van der Waals surface area contributed by atoms with E-state index in [2.05, 4.69) is 36.4 Å². The zero-order valence-corrected chi connectivity index (χ0v) is 10.7. The number of hydrogen-bond donors (Lipinski definition) is 2. The Morgan fingerprint density at radius 3 is 2.88 bits per heavy atom. The van der Waals surface area contributed by atoms with Crippen LogP contribution in [-0.4, -0.2) is 9.78 Å². The van der Waals surface area contributed by atoms with E-state index in [1.54, 1.807) is 0 Å². The molecule has 4 heteroatoms. The Bertz CT molecular complexity index is 375. The fourth-order valence-corrected chi connectivity index (χ4v) is 1.92. The minimum absolute atomic E-state index is 0.135. The van der Waals surface area contributed by atoms with E-state index in [4.69, 9.17) is 12.3 Å². The second-order valence-electron chi connectivity index (χ2n) is 4.05. The van der Waals surface area contributed by atoms with E-state index in [1.165, 1.54) is 0 Å². The van der Waals surface area contributed by atoms with E-state index in [-0.39, 0.29) is 6.04 Å². The highest BCUT2D eigenvalue weighted by Crippen LogP contribution is 2.20. The number of unbranched alkanes of at least 4 members (excludes halogenated alkanes) is 1. The zero-order valence-electron chi connectivity index (χ0n) is 10.7. The Labute approximate surface area is 104 Å². The maximum atomic E-state index is 5.62. The first kappa shape index (κ1) is 13.8. The molecule has 0 aromatic carbocycles. The number of aromatic nitrogens is 2. The maximum absolute atomic E-state index is 5.62. The number of hydrogen-bond acceptors (Lipinski definition) is 3. The summed E-state index contributed by atoms with van der Waals surface area (Å²) >= 11 is 0. The third-order valence-corrected chi connectivity index (χ3v) is 2.90. The molecule has 94 valence electrons. The molecule has 0 spiro atoms. The van der Waals surface area contributed by atoms with Crippen LogP contribution in [-0.2, 0) is 13.0 Å². The summed E-state index contributed by atoms with van der Waals surface area (Å²) in [5.74, 6) is 8.27. The lowest BCUT2D eigenvalue weighted by atomic mass is 10.1. The SMILES string of the molecule is C#CCCCC(NN)c1cc(CC)nn1CC. The van der Waals surface area contributed by atoms with Crippen molar-refractivity contribution >= 4 is 0 Å². The minimum Gasteiger partial charge on any atom is -0.271 e. The number of hydrazine groups is 1. The molecule has 17 heavy (non-hydrogen) atoms. The van der Waals surface area contributed by atoms with Gasteiger partial charge in [-0.05, 0) is 32.3 Å². The van der Waals surface area contributed by atoms with Gasteiger partial charge in [0.05, 0.1) is 17.4 Å². The molecule has 0 radical (unpaired) electrons. The lowest BCUT2D eigenvalue weighted by molar-refractivity contribution is 0.457. The molecule has 1 heterocycles. The Kier molecular flexibility index (Phi) is 5.75. The monoisotopic (exact) mass is 234 g/mol. The van der Waals surface area contributed by atoms with Gasteiger partial charge in [0.1, 0.15) is 0 Å². The maximum Gasteiger partial charge on any atom is 0.0629 e. The Morgan fingerprint density at radius 2 is 2.35 bits per heavy atom. The quantitative estimate of drug-likeness (QED) is 0.327. The third-order valence-electron chi connectivity index (χ3n) is 2.90. The average molecular weight is 234 g/mol. The fraction of sp³-hybridized carbons (Fsp3) is 0.615. The molecule has 0 fully saturated rings. The van der Waals surface area contributed by atoms with Crippen molar-refractivity contribution in [1.29, 1.82) is 0 Å². The molecule has 1 unspecified atom stereocenters. The van der Waals surface area contributed by atoms with Crippen molar-refractivity contribution in [2.45, 2.75) is 52.1 Å². The van der Waals surface area contributed by atoms with Gasteiger partial charge in [-0.15, -0.1) is 12.3 Å². The van der Waals surface area contributed by atoms with Gasteiger partial charge >= 0.3 is 0 Å². The largest absolute Gasteiger partial charge is 0.271 e. The van der Waals surface area contributed by atoms with Crippen LogP contribution in [0.1, 0.15) is 50.5 Å². The first-order valence-electron chi connectivity index (χ1n) is 6.23. The Balaban J connectivity index is 2.79. The molecule has 0 saturated heterocycles. The van der Waals surface area contributed by atoms with Crippen molar-refractivity contribution in [1.82, 2.24) is 15.2 Å². The summed E-state index contributed by atoms with van der Waals surface area (Å²) in [6, 6.07) is 2.26. The molecule has 1 aromatic rings. The molecule has 1 rings (SSSR count). The average Bonchev–Trinajstić information content (AvgIpc) is 2.78. The number of nitrogens with two attached hydrogens (primary N) is 1. The van der Waals surface area contributed by atoms with Crippen LogP contribution in [0.2, 0.25) is 0 Å². The van der Waals surface area contributed by atoms with Crippen LogP contribution >= 0.6 is 0 Å². The van der Waals surface area contributed by atoms with Gasteiger partial charge in [0.15, 0.2) is 0 Å². The second kappa shape index (κ2) is 7.10. The van der Waals surface area contributed by atoms with Gasteiger partial charge in [-0.25, -0.2) is 0 Å². The summed E-state index contributed by atoms with van der Waals surface area (Å²) in [5.41, 5.74) is 5.13. The summed E-state index contributed by atoms with van der Waals surface area (Å²) < 4.78 is 2.01. The zero-order chi connectivity index (χ0) is 12.7. The highest BCUT2D eigenvalue weighted by Gasteiger charge is 2.15. The molecule has 1 atom stereocenters. The normalized spacial score (nSPS) is 12.4. The van der Waals surface area contributed by atoms with Crippen molar-refractivity contribution < 1.29 is 0 Å². The first-order valence-corrected chi connectivity index (χ1v) is 6.23. The summed E-state index contributed by atoms with van der Waals surface area (Å²) in [7, 11) is 0. The topological polar surface area (TPSA) is 55.9 Å². The van der Waals surface area contributed by atoms with Gasteiger partial charge < -0.3 is 0 Å². The molecule has 0 aliphatic heterocycles. The number of terminal acetylenes is 1. The summed E-state index contributed by atoms with van der Waals surface area (Å²) in [5, 5.41) is 4.53. The van der Waals surface area contributed by atoms with Crippen LogP contribution in [0, 0.1) is 12.3 Å². The minimum atomic E-state index is 0.135. The predicted molar refractivity (Wildman–Crippen MR) is 70.0 cm³/mol. The highest BCUT2D eigenvalue weighted by atomic mass is 15.3. The van der Waals surface area contributed by atoms with Gasteiger partial charge in [-0.3, -0.25) is 16.0 Å². The van der Waals surface area contributed by atoms with E-state index < -0.39 is 0 Å². The van der Waals surface area contributed by atoms with Crippen molar-refractivity contribution in [3.63, 3.8) is 0 Å². The molecule has 1 aromatic heterocycles. The third kappa shape index (κ3) is 3.58. The number of aryl methyl sites for hydroxylation is 2. The van der Waals surface area contributed by atoms with Crippen LogP contribution in [0.25, 0.3) is 0 Å². The molecule has 0 amide bonds. The fourth-order valence-electron chi connectivity index (χ4n) is 1.92. The highest BCUT2D eigenvalue weighted by molar-refractivity contribution is 5.14. The lowest BCUT2D eigenvalue weighted by Crippen LogP contribution is -2.29. The molecular formula is C13H22N4. The van der Waals surface area contributed by atoms with Crippen LogP contribution < -0.4 is 11.3 Å². The van der Waals surface area contributed by atoms with Gasteiger partial charge in [0.2, 0.25) is 0 Å².